The Labute approximate surface area is 168 Å². The lowest BCUT2D eigenvalue weighted by Gasteiger charge is -2.13. The van der Waals surface area contributed by atoms with Crippen LogP contribution in [-0.4, -0.2) is 28.2 Å². The van der Waals surface area contributed by atoms with E-state index in [1.54, 1.807) is 6.07 Å². The number of thioether (sulfide) groups is 1. The lowest BCUT2D eigenvalue weighted by molar-refractivity contribution is -0.137. The zero-order valence-corrected chi connectivity index (χ0v) is 16.8. The van der Waals surface area contributed by atoms with E-state index >= 15 is 0 Å². The molecule has 146 valence electrons. The quantitative estimate of drug-likeness (QED) is 0.552. The van der Waals surface area contributed by atoms with Crippen LogP contribution in [0.1, 0.15) is 16.7 Å². The largest absolute Gasteiger partial charge is 0.420 e. The van der Waals surface area contributed by atoms with Gasteiger partial charge < -0.3 is 5.32 Å². The smallest absolute Gasteiger partial charge is 0.324 e. The number of alkyl halides is 3. The fourth-order valence-electron chi connectivity index (χ4n) is 3.16. The highest BCUT2D eigenvalue weighted by molar-refractivity contribution is 7.98. The lowest BCUT2D eigenvalue weighted by atomic mass is 10.1. The molecular formula is C19H17F3N4S2. The summed E-state index contributed by atoms with van der Waals surface area (Å²) >= 11 is 2.73. The number of nitrogens with zero attached hydrogens (tertiary/aromatic N) is 3. The second-order valence-corrected chi connectivity index (χ2v) is 8.38. The van der Waals surface area contributed by atoms with Gasteiger partial charge in [-0.05, 0) is 42.6 Å². The molecule has 0 saturated heterocycles. The van der Waals surface area contributed by atoms with Crippen molar-refractivity contribution in [3.63, 3.8) is 0 Å². The number of aromatic nitrogens is 2. The van der Waals surface area contributed by atoms with Crippen molar-refractivity contribution in [2.45, 2.75) is 24.2 Å². The maximum Gasteiger partial charge on any atom is 0.420 e. The molecular weight excluding hydrogens is 405 g/mol. The lowest BCUT2D eigenvalue weighted by Crippen LogP contribution is -2.10. The summed E-state index contributed by atoms with van der Waals surface area (Å²) in [4.78, 5) is 11.7. The highest BCUT2D eigenvalue weighted by Crippen LogP contribution is 2.39. The molecule has 3 aromatic rings. The van der Waals surface area contributed by atoms with Crippen LogP contribution in [0.2, 0.25) is 0 Å². The number of hydrogen-bond acceptors (Lipinski definition) is 6. The van der Waals surface area contributed by atoms with Crippen molar-refractivity contribution in [2.75, 3.05) is 18.6 Å². The summed E-state index contributed by atoms with van der Waals surface area (Å²) in [6.07, 6.45) is -1.78. The van der Waals surface area contributed by atoms with Crippen LogP contribution in [0.4, 0.5) is 24.8 Å². The first kappa shape index (κ1) is 19.2. The van der Waals surface area contributed by atoms with Gasteiger partial charge in [0.2, 0.25) is 5.95 Å². The number of nitrogens with one attached hydrogen (secondary N) is 1. The van der Waals surface area contributed by atoms with Crippen LogP contribution in [0.25, 0.3) is 10.6 Å². The summed E-state index contributed by atoms with van der Waals surface area (Å²) in [5, 5.41) is 4.88. The van der Waals surface area contributed by atoms with E-state index in [0.717, 1.165) is 29.9 Å². The van der Waals surface area contributed by atoms with Crippen LogP contribution >= 0.6 is 23.1 Å². The van der Waals surface area contributed by atoms with Gasteiger partial charge in [0.25, 0.3) is 0 Å². The van der Waals surface area contributed by atoms with Gasteiger partial charge >= 0.3 is 6.18 Å². The van der Waals surface area contributed by atoms with Crippen molar-refractivity contribution in [3.8, 4) is 10.6 Å². The Morgan fingerprint density at radius 2 is 1.96 bits per heavy atom. The number of benzene rings is 1. The first-order valence-electron chi connectivity index (χ1n) is 8.48. The minimum absolute atomic E-state index is 0.101. The standard InChI is InChI=1S/C19H17F3N4S2/c1-26-8-11-3-4-13(5-12(11)9-26)24-18-23-7-15(19(20,21)22)17(25-18)16-6-14(27-2)10-28-16/h3-7,10H,8-9H2,1-2H3,(H,23,24,25). The average Bonchev–Trinajstić information content (AvgIpc) is 3.26. The van der Waals surface area contributed by atoms with Crippen LogP contribution in [0.15, 0.2) is 40.7 Å². The minimum atomic E-state index is -4.52. The highest BCUT2D eigenvalue weighted by Gasteiger charge is 2.36. The molecule has 0 unspecified atom stereocenters. The second-order valence-electron chi connectivity index (χ2n) is 6.59. The average molecular weight is 423 g/mol. The van der Waals surface area contributed by atoms with E-state index < -0.39 is 11.7 Å². The van der Waals surface area contributed by atoms with Gasteiger partial charge in [0.15, 0.2) is 0 Å². The molecule has 3 heterocycles. The Kier molecular flexibility index (Phi) is 5.07. The molecule has 0 radical (unpaired) electrons. The van der Waals surface area contributed by atoms with Crippen LogP contribution in [-0.2, 0) is 19.3 Å². The fraction of sp³-hybridized carbons (Fsp3) is 0.263. The van der Waals surface area contributed by atoms with Crippen molar-refractivity contribution >= 4 is 34.7 Å². The number of hydrogen-bond donors (Lipinski definition) is 1. The number of halogens is 3. The fourth-order valence-corrected chi connectivity index (χ4v) is 4.77. The van der Waals surface area contributed by atoms with Gasteiger partial charge in [0, 0.05) is 35.2 Å². The molecule has 0 spiro atoms. The van der Waals surface area contributed by atoms with Crippen molar-refractivity contribution in [2.24, 2.45) is 0 Å². The molecule has 0 bridgehead atoms. The Balaban J connectivity index is 1.69. The van der Waals surface area contributed by atoms with Gasteiger partial charge in [-0.3, -0.25) is 4.90 Å². The highest BCUT2D eigenvalue weighted by atomic mass is 32.2. The van der Waals surface area contributed by atoms with E-state index in [1.165, 1.54) is 34.2 Å². The van der Waals surface area contributed by atoms with Crippen molar-refractivity contribution in [1.29, 1.82) is 0 Å². The molecule has 0 atom stereocenters. The van der Waals surface area contributed by atoms with Gasteiger partial charge in [0.05, 0.1) is 10.6 Å². The van der Waals surface area contributed by atoms with Crippen LogP contribution in [0, 0.1) is 0 Å². The van der Waals surface area contributed by atoms with E-state index in [-0.39, 0.29) is 11.6 Å². The third kappa shape index (κ3) is 3.87. The molecule has 1 N–H and O–H groups in total. The zero-order valence-electron chi connectivity index (χ0n) is 15.2. The molecule has 9 heteroatoms. The number of rotatable bonds is 4. The van der Waals surface area contributed by atoms with Crippen LogP contribution < -0.4 is 5.32 Å². The molecule has 0 fully saturated rings. The predicted molar refractivity (Wildman–Crippen MR) is 107 cm³/mol. The molecule has 4 rings (SSSR count). The SMILES string of the molecule is CSc1csc(-c2nc(Nc3ccc4c(c3)CN(C)C4)ncc2C(F)(F)F)c1. The molecule has 1 aromatic carbocycles. The van der Waals surface area contributed by atoms with Crippen molar-refractivity contribution < 1.29 is 13.2 Å². The van der Waals surface area contributed by atoms with Crippen molar-refractivity contribution in [3.05, 3.63) is 52.5 Å². The Hall–Kier alpha value is -2.10. The number of anilines is 2. The zero-order chi connectivity index (χ0) is 19.9. The maximum atomic E-state index is 13.5. The Morgan fingerprint density at radius 3 is 2.68 bits per heavy atom. The first-order valence-corrected chi connectivity index (χ1v) is 10.6. The topological polar surface area (TPSA) is 41.1 Å². The Morgan fingerprint density at radius 1 is 1.18 bits per heavy atom. The van der Waals surface area contributed by atoms with Gasteiger partial charge in [-0.15, -0.1) is 23.1 Å². The summed E-state index contributed by atoms with van der Waals surface area (Å²) in [5.74, 6) is 0.147. The normalized spacial score (nSPS) is 14.3. The number of thiophene rings is 1. The van der Waals surface area contributed by atoms with Crippen molar-refractivity contribution in [1.82, 2.24) is 14.9 Å². The third-order valence-electron chi connectivity index (χ3n) is 4.48. The molecule has 4 nitrogen and oxygen atoms in total. The molecule has 28 heavy (non-hydrogen) atoms. The molecule has 0 saturated carbocycles. The second kappa shape index (κ2) is 7.38. The minimum Gasteiger partial charge on any atom is -0.324 e. The summed E-state index contributed by atoms with van der Waals surface area (Å²) in [5.41, 5.74) is 2.28. The molecule has 1 aliphatic rings. The van der Waals surface area contributed by atoms with E-state index in [0.29, 0.717) is 4.88 Å². The molecule has 1 aliphatic heterocycles. The third-order valence-corrected chi connectivity index (χ3v) is 6.27. The van der Waals surface area contributed by atoms with Gasteiger partial charge in [-0.25, -0.2) is 9.97 Å². The van der Waals surface area contributed by atoms with Gasteiger partial charge in [-0.2, -0.15) is 13.2 Å². The monoisotopic (exact) mass is 422 g/mol. The van der Waals surface area contributed by atoms with Crippen LogP contribution in [0.5, 0.6) is 0 Å². The molecule has 0 amide bonds. The number of fused-ring (bicyclic) bond motifs is 1. The molecule has 2 aromatic heterocycles. The van der Waals surface area contributed by atoms with Crippen LogP contribution in [0.3, 0.4) is 0 Å². The summed E-state index contributed by atoms with van der Waals surface area (Å²) < 4.78 is 40.4. The van der Waals surface area contributed by atoms with Gasteiger partial charge in [0.1, 0.15) is 5.56 Å². The van der Waals surface area contributed by atoms with E-state index in [4.69, 9.17) is 0 Å². The van der Waals surface area contributed by atoms with Gasteiger partial charge in [-0.1, -0.05) is 6.07 Å². The van der Waals surface area contributed by atoms with E-state index in [2.05, 4.69) is 20.2 Å². The first-order chi connectivity index (χ1) is 13.3. The maximum absolute atomic E-state index is 13.5. The summed E-state index contributed by atoms with van der Waals surface area (Å²) in [7, 11) is 2.04. The predicted octanol–water partition coefficient (Wildman–Crippen LogP) is 5.63. The van der Waals surface area contributed by atoms with E-state index in [1.807, 2.05) is 36.9 Å². The summed E-state index contributed by atoms with van der Waals surface area (Å²) in [6.45, 7) is 1.74. The van der Waals surface area contributed by atoms with E-state index in [9.17, 15) is 13.2 Å². The Bertz CT molecular complexity index is 1020. The molecule has 0 aliphatic carbocycles. The summed E-state index contributed by atoms with van der Waals surface area (Å²) in [6, 6.07) is 7.64.